The van der Waals surface area contributed by atoms with Crippen LogP contribution in [-0.4, -0.2) is 63.6 Å². The maximum Gasteiger partial charge on any atom is 0.310 e. The highest BCUT2D eigenvalue weighted by Crippen LogP contribution is 2.25. The standard InChI is InChI=1S/C16H23N3O5/c1-16(2,15(21)22)11-18-7-5-17(6-8-18)10-12-9-13(19(23)24)3-4-14(12)20/h3-4,9,20H,5-8,10-11H2,1-2H3,(H,21,22). The van der Waals surface area contributed by atoms with Crippen molar-refractivity contribution in [2.45, 2.75) is 20.4 Å². The molecule has 0 spiro atoms. The molecule has 0 aromatic heterocycles. The summed E-state index contributed by atoms with van der Waals surface area (Å²) in [5, 5.41) is 29.9. The van der Waals surface area contributed by atoms with E-state index in [1.54, 1.807) is 13.8 Å². The second kappa shape index (κ2) is 7.14. The lowest BCUT2D eigenvalue weighted by Crippen LogP contribution is -2.49. The van der Waals surface area contributed by atoms with Crippen molar-refractivity contribution in [1.29, 1.82) is 0 Å². The zero-order valence-electron chi connectivity index (χ0n) is 13.9. The quantitative estimate of drug-likeness (QED) is 0.599. The molecule has 1 aromatic carbocycles. The summed E-state index contributed by atoms with van der Waals surface area (Å²) >= 11 is 0. The molecule has 8 heteroatoms. The number of carboxylic acids is 1. The largest absolute Gasteiger partial charge is 0.508 e. The van der Waals surface area contributed by atoms with Crippen LogP contribution < -0.4 is 0 Å². The van der Waals surface area contributed by atoms with Gasteiger partial charge in [0.25, 0.3) is 5.69 Å². The van der Waals surface area contributed by atoms with Gasteiger partial charge in [-0.25, -0.2) is 0 Å². The Hall–Kier alpha value is -2.19. The number of phenolic OH excluding ortho intramolecular Hbond substituents is 1. The molecular formula is C16H23N3O5. The molecule has 132 valence electrons. The van der Waals surface area contributed by atoms with E-state index in [9.17, 15) is 25.1 Å². The summed E-state index contributed by atoms with van der Waals surface area (Å²) in [6.07, 6.45) is 0. The highest BCUT2D eigenvalue weighted by Gasteiger charge is 2.31. The monoisotopic (exact) mass is 337 g/mol. The predicted octanol–water partition coefficient (Wildman–Crippen LogP) is 1.53. The number of hydrogen-bond donors (Lipinski definition) is 2. The number of aliphatic carboxylic acids is 1. The first-order valence-electron chi connectivity index (χ1n) is 7.83. The number of carbonyl (C=O) groups is 1. The van der Waals surface area contributed by atoms with E-state index in [0.29, 0.717) is 18.7 Å². The summed E-state index contributed by atoms with van der Waals surface area (Å²) < 4.78 is 0. The lowest BCUT2D eigenvalue weighted by Gasteiger charge is -2.37. The second-order valence-electron chi connectivity index (χ2n) is 6.81. The smallest absolute Gasteiger partial charge is 0.310 e. The molecule has 8 nitrogen and oxygen atoms in total. The average Bonchev–Trinajstić information content (AvgIpc) is 2.50. The van der Waals surface area contributed by atoms with Crippen molar-refractivity contribution in [3.63, 3.8) is 0 Å². The van der Waals surface area contributed by atoms with Gasteiger partial charge in [-0.3, -0.25) is 24.7 Å². The number of benzene rings is 1. The van der Waals surface area contributed by atoms with Gasteiger partial charge in [-0.1, -0.05) is 0 Å². The van der Waals surface area contributed by atoms with Gasteiger partial charge in [-0.15, -0.1) is 0 Å². The van der Waals surface area contributed by atoms with Gasteiger partial charge < -0.3 is 10.2 Å². The summed E-state index contributed by atoms with van der Waals surface area (Å²) in [4.78, 5) is 25.8. The number of piperazine rings is 1. The Balaban J connectivity index is 1.93. The number of rotatable bonds is 6. The third-order valence-corrected chi connectivity index (χ3v) is 4.33. The first kappa shape index (κ1) is 18.2. The fraction of sp³-hybridized carbons (Fsp3) is 0.562. The van der Waals surface area contributed by atoms with E-state index in [0.717, 1.165) is 26.2 Å². The minimum absolute atomic E-state index is 0.0374. The molecule has 2 N–H and O–H groups in total. The number of carboxylic acid groups (broad SMARTS) is 1. The molecule has 0 saturated carbocycles. The summed E-state index contributed by atoms with van der Waals surface area (Å²) in [6, 6.07) is 4.03. The van der Waals surface area contributed by atoms with Crippen LogP contribution in [0.5, 0.6) is 5.75 Å². The molecule has 0 bridgehead atoms. The summed E-state index contributed by atoms with van der Waals surface area (Å²) in [5.41, 5.74) is -0.298. The number of nitro benzene ring substituents is 1. The third-order valence-electron chi connectivity index (χ3n) is 4.33. The zero-order valence-corrected chi connectivity index (χ0v) is 13.9. The molecule has 1 aliphatic heterocycles. The Morgan fingerprint density at radius 1 is 1.25 bits per heavy atom. The van der Waals surface area contributed by atoms with E-state index in [4.69, 9.17) is 0 Å². The number of nitro groups is 1. The molecule has 2 rings (SSSR count). The molecule has 0 unspecified atom stereocenters. The van der Waals surface area contributed by atoms with E-state index in [-0.39, 0.29) is 11.4 Å². The lowest BCUT2D eigenvalue weighted by molar-refractivity contribution is -0.385. The van der Waals surface area contributed by atoms with Crippen molar-refractivity contribution in [3.8, 4) is 5.75 Å². The molecule has 1 saturated heterocycles. The molecule has 0 atom stereocenters. The maximum atomic E-state index is 11.2. The summed E-state index contributed by atoms with van der Waals surface area (Å²) in [6.45, 7) is 7.24. The Morgan fingerprint density at radius 2 is 1.83 bits per heavy atom. The van der Waals surface area contributed by atoms with Gasteiger partial charge in [0.1, 0.15) is 5.75 Å². The van der Waals surface area contributed by atoms with E-state index < -0.39 is 16.3 Å². The number of hydrogen-bond acceptors (Lipinski definition) is 6. The highest BCUT2D eigenvalue weighted by molar-refractivity contribution is 5.73. The van der Waals surface area contributed by atoms with Gasteiger partial charge in [0.2, 0.25) is 0 Å². The number of nitrogens with zero attached hydrogens (tertiary/aromatic N) is 3. The average molecular weight is 337 g/mol. The fourth-order valence-electron chi connectivity index (χ4n) is 2.79. The van der Waals surface area contributed by atoms with Crippen molar-refractivity contribution >= 4 is 11.7 Å². The van der Waals surface area contributed by atoms with Gasteiger partial charge in [-0.05, 0) is 19.9 Å². The predicted molar refractivity (Wildman–Crippen MR) is 87.9 cm³/mol. The van der Waals surface area contributed by atoms with Crippen LogP contribution in [0.25, 0.3) is 0 Å². The Labute approximate surface area is 140 Å². The highest BCUT2D eigenvalue weighted by atomic mass is 16.6. The first-order chi connectivity index (χ1) is 11.2. The zero-order chi connectivity index (χ0) is 17.9. The molecule has 1 heterocycles. The van der Waals surface area contributed by atoms with Gasteiger partial charge in [0.15, 0.2) is 0 Å². The van der Waals surface area contributed by atoms with Crippen LogP contribution in [0, 0.1) is 15.5 Å². The Bertz CT molecular complexity index is 624. The summed E-state index contributed by atoms with van der Waals surface area (Å²) in [5.74, 6) is -0.763. The van der Waals surface area contributed by atoms with Crippen molar-refractivity contribution < 1.29 is 19.9 Å². The Kier molecular flexibility index (Phi) is 5.40. The molecule has 1 aromatic rings. The molecule has 0 amide bonds. The van der Waals surface area contributed by atoms with E-state index in [2.05, 4.69) is 9.80 Å². The van der Waals surface area contributed by atoms with Crippen LogP contribution in [0.3, 0.4) is 0 Å². The van der Waals surface area contributed by atoms with E-state index >= 15 is 0 Å². The van der Waals surface area contributed by atoms with Crippen molar-refractivity contribution in [2.24, 2.45) is 5.41 Å². The minimum Gasteiger partial charge on any atom is -0.508 e. The lowest BCUT2D eigenvalue weighted by atomic mass is 9.93. The normalized spacial score (nSPS) is 16.9. The second-order valence-corrected chi connectivity index (χ2v) is 6.81. The first-order valence-corrected chi connectivity index (χ1v) is 7.83. The molecule has 24 heavy (non-hydrogen) atoms. The number of phenols is 1. The maximum absolute atomic E-state index is 11.2. The van der Waals surface area contributed by atoms with Gasteiger partial charge in [0.05, 0.1) is 10.3 Å². The minimum atomic E-state index is -0.813. The Morgan fingerprint density at radius 3 is 2.38 bits per heavy atom. The van der Waals surface area contributed by atoms with Crippen LogP contribution in [0.4, 0.5) is 5.69 Å². The molecule has 1 fully saturated rings. The SMILES string of the molecule is CC(C)(CN1CCN(Cc2cc([N+](=O)[O-])ccc2O)CC1)C(=O)O. The van der Waals surface area contributed by atoms with Crippen LogP contribution in [0.15, 0.2) is 18.2 Å². The third kappa shape index (κ3) is 4.42. The molecular weight excluding hydrogens is 314 g/mol. The van der Waals surface area contributed by atoms with Gasteiger partial charge in [-0.2, -0.15) is 0 Å². The topological polar surface area (TPSA) is 107 Å². The molecule has 0 aliphatic carbocycles. The van der Waals surface area contributed by atoms with E-state index in [1.165, 1.54) is 18.2 Å². The summed E-state index contributed by atoms with van der Waals surface area (Å²) in [7, 11) is 0. The van der Waals surface area contributed by atoms with Crippen LogP contribution in [0.2, 0.25) is 0 Å². The molecule has 0 radical (unpaired) electrons. The fourth-order valence-corrected chi connectivity index (χ4v) is 2.79. The molecule has 1 aliphatic rings. The van der Waals surface area contributed by atoms with Gasteiger partial charge in [0, 0.05) is 57.0 Å². The van der Waals surface area contributed by atoms with Gasteiger partial charge >= 0.3 is 5.97 Å². The van der Waals surface area contributed by atoms with Crippen LogP contribution in [0.1, 0.15) is 19.4 Å². The number of non-ortho nitro benzene ring substituents is 1. The number of aromatic hydroxyl groups is 1. The van der Waals surface area contributed by atoms with E-state index in [1.807, 2.05) is 0 Å². The van der Waals surface area contributed by atoms with Crippen molar-refractivity contribution in [3.05, 3.63) is 33.9 Å². The van der Waals surface area contributed by atoms with Crippen molar-refractivity contribution in [2.75, 3.05) is 32.7 Å². The van der Waals surface area contributed by atoms with Crippen molar-refractivity contribution in [1.82, 2.24) is 9.80 Å². The van der Waals surface area contributed by atoms with Crippen LogP contribution >= 0.6 is 0 Å². The van der Waals surface area contributed by atoms with Crippen LogP contribution in [-0.2, 0) is 11.3 Å².